The first-order chi connectivity index (χ1) is 14.8. The van der Waals surface area contributed by atoms with Gasteiger partial charge in [-0.05, 0) is 50.7 Å². The predicted molar refractivity (Wildman–Crippen MR) is 115 cm³/mol. The fraction of sp³-hybridized carbons (Fsp3) is 0.667. The van der Waals surface area contributed by atoms with Gasteiger partial charge in [0.25, 0.3) is 5.52 Å². The van der Waals surface area contributed by atoms with E-state index in [1.54, 1.807) is 0 Å². The topological polar surface area (TPSA) is 41.7 Å². The van der Waals surface area contributed by atoms with Crippen LogP contribution in [0.3, 0.4) is 0 Å². The first kappa shape index (κ1) is 24.1. The number of fused-ring (bicyclic) bond motifs is 1. The number of nitrogens with one attached hydrogen (secondary N) is 1. The summed E-state index contributed by atoms with van der Waals surface area (Å²) in [5, 5.41) is 8.80. The van der Waals surface area contributed by atoms with Crippen molar-refractivity contribution >= 4 is 26.7 Å². The van der Waals surface area contributed by atoms with Crippen LogP contribution < -0.4 is 5.10 Å². The summed E-state index contributed by atoms with van der Waals surface area (Å²) in [6, 6.07) is 8.49. The number of rotatable bonds is 4. The van der Waals surface area contributed by atoms with Crippen LogP contribution >= 0.6 is 15.7 Å². The first-order valence-electron chi connectivity index (χ1n) is 10.9. The largest absolute Gasteiger partial charge is 0.420 e. The van der Waals surface area contributed by atoms with Gasteiger partial charge < -0.3 is 0 Å². The van der Waals surface area contributed by atoms with Crippen LogP contribution in [0, 0.1) is 0 Å². The third kappa shape index (κ3) is 5.70. The number of H-pyrrole nitrogens is 1. The second kappa shape index (κ2) is 8.01. The van der Waals surface area contributed by atoms with Gasteiger partial charge in [-0.3, -0.25) is 0 Å². The summed E-state index contributed by atoms with van der Waals surface area (Å²) >= 11 is 0. The van der Waals surface area contributed by atoms with E-state index in [1.807, 2.05) is 0 Å². The molecule has 32 heavy (non-hydrogen) atoms. The van der Waals surface area contributed by atoms with Gasteiger partial charge in [-0.15, -0.1) is 19.1 Å². The van der Waals surface area contributed by atoms with Gasteiger partial charge in [0.15, 0.2) is 0 Å². The van der Waals surface area contributed by atoms with Gasteiger partial charge in [0.2, 0.25) is 5.52 Å². The Bertz CT molecular complexity index is 849. The molecule has 0 unspecified atom stereocenters. The van der Waals surface area contributed by atoms with Gasteiger partial charge in [0, 0.05) is 39.3 Å². The molecule has 0 spiro atoms. The number of para-hydroxylation sites is 1. The number of aromatic amines is 1. The molecule has 0 atom stereocenters. The number of hydrogen-bond donors (Lipinski definition) is 0. The minimum absolute atomic E-state index is 1.09. The molecule has 1 aromatic carbocycles. The van der Waals surface area contributed by atoms with E-state index < -0.39 is 15.7 Å². The molecule has 3 aliphatic rings. The molecule has 3 saturated heterocycles. The van der Waals surface area contributed by atoms with Gasteiger partial charge in [0.1, 0.15) is 4.57 Å². The van der Waals surface area contributed by atoms with Crippen LogP contribution in [0.15, 0.2) is 24.3 Å². The molecule has 0 aliphatic carbocycles. The Labute approximate surface area is 183 Å². The average molecular weight is 505 g/mol. The van der Waals surface area contributed by atoms with Gasteiger partial charge in [0.05, 0.1) is 5.10 Å². The average Bonchev–Trinajstić information content (AvgIpc) is 3.46. The summed E-state index contributed by atoms with van der Waals surface area (Å²) in [6.45, 7) is 7.28. The van der Waals surface area contributed by atoms with E-state index in [1.165, 1.54) is 77.8 Å². The van der Waals surface area contributed by atoms with Gasteiger partial charge in [-0.1, -0.05) is 12.1 Å². The van der Waals surface area contributed by atoms with E-state index in [2.05, 4.69) is 47.9 Å². The number of benzene rings is 1. The minimum atomic E-state index is -10.7. The summed E-state index contributed by atoms with van der Waals surface area (Å²) in [5.74, 6) is 0. The Morgan fingerprint density at radius 1 is 0.688 bits per heavy atom. The van der Waals surface area contributed by atoms with Gasteiger partial charge >= 0.3 is 40.9 Å². The Morgan fingerprint density at radius 3 is 1.44 bits per heavy atom. The van der Waals surface area contributed by atoms with Crippen LogP contribution in [0.5, 0.6) is 0 Å². The van der Waals surface area contributed by atoms with Crippen LogP contribution in [0.4, 0.5) is 25.2 Å². The van der Waals surface area contributed by atoms with Crippen molar-refractivity contribution in [1.29, 1.82) is 0 Å². The molecule has 1 aromatic heterocycles. The maximum Gasteiger partial charge on any atom is 0.420 e. The van der Waals surface area contributed by atoms with Crippen LogP contribution in [0.1, 0.15) is 38.5 Å². The van der Waals surface area contributed by atoms with Crippen LogP contribution in [-0.2, 0) is 0 Å². The molecule has 5 rings (SSSR count). The van der Waals surface area contributed by atoms with Crippen molar-refractivity contribution in [3.05, 3.63) is 24.3 Å². The van der Waals surface area contributed by atoms with Crippen molar-refractivity contribution in [2.24, 2.45) is 0 Å². The summed E-state index contributed by atoms with van der Waals surface area (Å²) < 4.78 is 69.9. The quantitative estimate of drug-likeness (QED) is 0.375. The fourth-order valence-corrected chi connectivity index (χ4v) is 9.53. The Kier molecular flexibility index (Phi) is 6.03. The number of aromatic nitrogens is 3. The van der Waals surface area contributed by atoms with E-state index in [0.29, 0.717) is 0 Å². The third-order valence-electron chi connectivity index (χ3n) is 5.97. The molecule has 0 bridgehead atoms. The normalized spacial score (nSPS) is 23.8. The van der Waals surface area contributed by atoms with E-state index >= 15 is 0 Å². The Balaban J connectivity index is 0.000000307. The monoisotopic (exact) mass is 505 g/mol. The second-order valence-electron chi connectivity index (χ2n) is 8.50. The number of nitrogens with zero attached hydrogens (tertiary/aromatic N) is 5. The zero-order chi connectivity index (χ0) is 23.1. The third-order valence-corrected chi connectivity index (χ3v) is 10.1. The molecular formula is C18H29F6N6P2+. The van der Waals surface area contributed by atoms with Gasteiger partial charge in [-0.2, -0.15) is 0 Å². The molecule has 3 fully saturated rings. The fourth-order valence-electron chi connectivity index (χ4n) is 4.82. The van der Waals surface area contributed by atoms with Crippen LogP contribution in [0.2, 0.25) is 0 Å². The second-order valence-corrected chi connectivity index (χ2v) is 13.6. The summed E-state index contributed by atoms with van der Waals surface area (Å²) in [6.07, 6.45) is 7.94. The van der Waals surface area contributed by atoms with Crippen molar-refractivity contribution in [2.45, 2.75) is 38.5 Å². The molecule has 182 valence electrons. The van der Waals surface area contributed by atoms with Crippen LogP contribution in [-0.4, -0.2) is 62.9 Å². The molecule has 0 amide bonds. The number of halogens is 6. The minimum Gasteiger partial charge on any atom is -0.129 e. The molecule has 14 heteroatoms. The first-order valence-corrected chi connectivity index (χ1v) is 14.6. The van der Waals surface area contributed by atoms with E-state index in [0.717, 1.165) is 11.0 Å². The number of hydrogen-bond acceptors (Lipinski definition) is 4. The maximum absolute atomic E-state index is 10.7. The summed E-state index contributed by atoms with van der Waals surface area (Å²) in [7, 11) is -12.5. The molecule has 2 aromatic rings. The van der Waals surface area contributed by atoms with Crippen molar-refractivity contribution in [3.63, 3.8) is 0 Å². The van der Waals surface area contributed by atoms with E-state index in [9.17, 15) is 25.2 Å². The van der Waals surface area contributed by atoms with Crippen molar-refractivity contribution < 1.29 is 30.3 Å². The molecular weight excluding hydrogens is 476 g/mol. The van der Waals surface area contributed by atoms with E-state index in [4.69, 9.17) is 5.10 Å². The molecule has 3 aliphatic heterocycles. The smallest absolute Gasteiger partial charge is 0.129 e. The molecule has 4 heterocycles. The predicted octanol–water partition coefficient (Wildman–Crippen LogP) is 6.05. The molecule has 1 N–H and O–H groups in total. The molecule has 0 saturated carbocycles. The molecule has 6 nitrogen and oxygen atoms in total. The Morgan fingerprint density at radius 2 is 1.06 bits per heavy atom. The zero-order valence-electron chi connectivity index (χ0n) is 17.7. The maximum atomic E-state index is 9.87. The zero-order valence-corrected chi connectivity index (χ0v) is 19.5. The van der Waals surface area contributed by atoms with Crippen molar-refractivity contribution in [3.8, 4) is 0 Å². The van der Waals surface area contributed by atoms with Crippen molar-refractivity contribution in [2.75, 3.05) is 39.3 Å². The Hall–Kier alpha value is -1.06. The standard InChI is InChI=1S/C18H28N6P.F6P/c1-2-10-18-17(9-1)19-24(20-18)25(21-11-3-4-12-21,22-13-5-6-14-22)23-15-7-8-16-23;1-7(2,3,4,5)6/h1-2,9-10H,3-8,11-16H2;/q+1;-1/p+1. The van der Waals surface area contributed by atoms with Crippen LogP contribution in [0.25, 0.3) is 11.0 Å². The van der Waals surface area contributed by atoms with E-state index in [-0.39, 0.29) is 0 Å². The summed E-state index contributed by atoms with van der Waals surface area (Å²) in [5.41, 5.74) is 2.24. The van der Waals surface area contributed by atoms with Crippen molar-refractivity contribution in [1.82, 2.24) is 23.7 Å². The molecule has 0 radical (unpaired) electrons. The van der Waals surface area contributed by atoms with Gasteiger partial charge in [-0.25, -0.2) is 0 Å². The summed E-state index contributed by atoms with van der Waals surface area (Å²) in [4.78, 5) is 0. The SMILES string of the molecule is F[P-](F)(F)(F)(F)F.c1ccc2[nH+]n([P+](N3CCCC3)(N3CCCC3)N3CCCC3)nc2c1.